The van der Waals surface area contributed by atoms with Gasteiger partial charge in [0.2, 0.25) is 5.91 Å². The second-order valence-electron chi connectivity index (χ2n) is 4.29. The van der Waals surface area contributed by atoms with Crippen LogP contribution in [0.2, 0.25) is 0 Å². The maximum Gasteiger partial charge on any atom is 0.227 e. The van der Waals surface area contributed by atoms with Gasteiger partial charge >= 0.3 is 0 Å². The smallest absolute Gasteiger partial charge is 0.227 e. The Hall–Kier alpha value is -1.36. The van der Waals surface area contributed by atoms with Crippen LogP contribution in [0.5, 0.6) is 0 Å². The van der Waals surface area contributed by atoms with Crippen LogP contribution in [0.25, 0.3) is 0 Å². The molecule has 0 radical (unpaired) electrons. The van der Waals surface area contributed by atoms with Gasteiger partial charge < -0.3 is 11.1 Å². The number of carbonyl (C=O) groups is 1. The van der Waals surface area contributed by atoms with Crippen molar-refractivity contribution in [3.8, 4) is 0 Å². The maximum atomic E-state index is 11.6. The van der Waals surface area contributed by atoms with Gasteiger partial charge in [-0.2, -0.15) is 5.10 Å². The van der Waals surface area contributed by atoms with Gasteiger partial charge in [-0.1, -0.05) is 20.8 Å². The number of H-pyrrole nitrogens is 1. The number of rotatable bonds is 5. The lowest BCUT2D eigenvalue weighted by atomic mass is 10.0. The van der Waals surface area contributed by atoms with E-state index in [0.29, 0.717) is 18.2 Å². The summed E-state index contributed by atoms with van der Waals surface area (Å²) in [4.78, 5) is 11.6. The largest absolute Gasteiger partial charge is 0.327 e. The third-order valence-corrected chi connectivity index (χ3v) is 2.56. The van der Waals surface area contributed by atoms with Gasteiger partial charge in [0.15, 0.2) is 5.82 Å². The van der Waals surface area contributed by atoms with Crippen LogP contribution in [0.1, 0.15) is 32.9 Å². The molecule has 1 rings (SSSR count). The highest BCUT2D eigenvalue weighted by Crippen LogP contribution is 2.08. The van der Waals surface area contributed by atoms with Crippen LogP contribution in [-0.4, -0.2) is 22.1 Å². The molecule has 1 aromatic rings. The summed E-state index contributed by atoms with van der Waals surface area (Å²) in [7, 11) is 0. The molecule has 0 bridgehead atoms. The number of aromatic nitrogens is 2. The van der Waals surface area contributed by atoms with E-state index in [9.17, 15) is 4.79 Å². The van der Waals surface area contributed by atoms with E-state index in [-0.39, 0.29) is 11.9 Å². The molecule has 16 heavy (non-hydrogen) atoms. The predicted octanol–water partition coefficient (Wildman–Crippen LogP) is 1.28. The minimum atomic E-state index is -0.107. The van der Waals surface area contributed by atoms with E-state index in [1.807, 2.05) is 26.8 Å². The van der Waals surface area contributed by atoms with Crippen LogP contribution in [0, 0.1) is 5.92 Å². The number of nitrogens with two attached hydrogens (primary N) is 1. The molecule has 4 N–H and O–H groups in total. The molecule has 1 heterocycles. The summed E-state index contributed by atoms with van der Waals surface area (Å²) in [5.41, 5.74) is 6.82. The first-order valence-electron chi connectivity index (χ1n) is 5.62. The monoisotopic (exact) mass is 224 g/mol. The normalized spacial score (nSPS) is 12.8. The number of nitrogens with one attached hydrogen (secondary N) is 2. The van der Waals surface area contributed by atoms with Crippen LogP contribution in [-0.2, 0) is 11.2 Å². The Balaban J connectivity index is 2.45. The number of nitrogens with zero attached hydrogens (tertiary/aromatic N) is 1. The third kappa shape index (κ3) is 3.66. The summed E-state index contributed by atoms with van der Waals surface area (Å²) in [6.07, 6.45) is 1.19. The number of carbonyl (C=O) groups excluding carboxylic acids is 1. The van der Waals surface area contributed by atoms with Crippen molar-refractivity contribution in [2.75, 3.05) is 5.32 Å². The van der Waals surface area contributed by atoms with Crippen molar-refractivity contribution in [2.24, 2.45) is 11.7 Å². The molecule has 0 aromatic carbocycles. The lowest BCUT2D eigenvalue weighted by Gasteiger charge is -2.14. The van der Waals surface area contributed by atoms with E-state index in [1.165, 1.54) is 0 Å². The Kier molecular flexibility index (Phi) is 4.49. The molecule has 0 spiro atoms. The number of aromatic amines is 1. The molecule has 0 saturated carbocycles. The fraction of sp³-hybridized carbons (Fsp3) is 0.636. The van der Waals surface area contributed by atoms with Crippen molar-refractivity contribution in [2.45, 2.75) is 39.7 Å². The molecule has 1 unspecified atom stereocenters. The number of hydrogen-bond donors (Lipinski definition) is 3. The zero-order valence-corrected chi connectivity index (χ0v) is 10.1. The zero-order chi connectivity index (χ0) is 12.1. The number of hydrogen-bond acceptors (Lipinski definition) is 3. The first-order valence-corrected chi connectivity index (χ1v) is 5.62. The lowest BCUT2D eigenvalue weighted by molar-refractivity contribution is -0.116. The van der Waals surface area contributed by atoms with E-state index in [0.717, 1.165) is 12.1 Å². The predicted molar refractivity (Wildman–Crippen MR) is 64.0 cm³/mol. The van der Waals surface area contributed by atoms with E-state index < -0.39 is 0 Å². The average molecular weight is 224 g/mol. The summed E-state index contributed by atoms with van der Waals surface area (Å²) >= 11 is 0. The fourth-order valence-electron chi connectivity index (χ4n) is 1.25. The number of aryl methyl sites for hydroxylation is 1. The van der Waals surface area contributed by atoms with Gasteiger partial charge in [0.25, 0.3) is 0 Å². The standard InChI is InChI=1S/C11H20N4O/c1-4-8-5-10(15-14-8)13-11(16)6-9(12)7(2)3/h5,7,9H,4,6,12H2,1-3H3,(H2,13,14,15,16). The van der Waals surface area contributed by atoms with Crippen LogP contribution >= 0.6 is 0 Å². The van der Waals surface area contributed by atoms with Gasteiger partial charge in [0.1, 0.15) is 0 Å². The summed E-state index contributed by atoms with van der Waals surface area (Å²) in [6.45, 7) is 6.02. The highest BCUT2D eigenvalue weighted by Gasteiger charge is 2.13. The van der Waals surface area contributed by atoms with Crippen LogP contribution in [0.4, 0.5) is 5.82 Å². The summed E-state index contributed by atoms with van der Waals surface area (Å²) in [6, 6.07) is 1.73. The maximum absolute atomic E-state index is 11.6. The van der Waals surface area contributed by atoms with Gasteiger partial charge in [-0.05, 0) is 12.3 Å². The topological polar surface area (TPSA) is 83.8 Å². The van der Waals surface area contributed by atoms with Crippen molar-refractivity contribution < 1.29 is 4.79 Å². The SMILES string of the molecule is CCc1cc(NC(=O)CC(N)C(C)C)n[nH]1. The molecule has 0 aliphatic rings. The molecular weight excluding hydrogens is 204 g/mol. The molecule has 1 amide bonds. The highest BCUT2D eigenvalue weighted by atomic mass is 16.1. The molecule has 0 fully saturated rings. The molecule has 0 saturated heterocycles. The molecule has 90 valence electrons. The van der Waals surface area contributed by atoms with Crippen LogP contribution in [0.3, 0.4) is 0 Å². The molecule has 5 heteroatoms. The van der Waals surface area contributed by atoms with Gasteiger partial charge in [-0.15, -0.1) is 0 Å². The number of amides is 1. The van der Waals surface area contributed by atoms with Crippen molar-refractivity contribution in [3.63, 3.8) is 0 Å². The van der Waals surface area contributed by atoms with Gasteiger partial charge in [-0.25, -0.2) is 0 Å². The lowest BCUT2D eigenvalue weighted by Crippen LogP contribution is -2.31. The Morgan fingerprint density at radius 1 is 1.62 bits per heavy atom. The van der Waals surface area contributed by atoms with Gasteiger partial charge in [-0.3, -0.25) is 9.89 Å². The Morgan fingerprint density at radius 2 is 2.31 bits per heavy atom. The first kappa shape index (κ1) is 12.7. The second-order valence-corrected chi connectivity index (χ2v) is 4.29. The highest BCUT2D eigenvalue weighted by molar-refractivity contribution is 5.90. The van der Waals surface area contributed by atoms with Gasteiger partial charge in [0.05, 0.1) is 0 Å². The molecule has 0 aliphatic heterocycles. The molecule has 1 aromatic heterocycles. The van der Waals surface area contributed by atoms with Crippen LogP contribution in [0.15, 0.2) is 6.07 Å². The molecule has 5 nitrogen and oxygen atoms in total. The quantitative estimate of drug-likeness (QED) is 0.704. The third-order valence-electron chi connectivity index (χ3n) is 2.56. The minimum absolute atomic E-state index is 0.0876. The molecule has 0 aliphatic carbocycles. The Labute approximate surface area is 95.8 Å². The van der Waals surface area contributed by atoms with E-state index in [4.69, 9.17) is 5.73 Å². The summed E-state index contributed by atoms with van der Waals surface area (Å²) in [5, 5.41) is 9.54. The number of anilines is 1. The van der Waals surface area contributed by atoms with Crippen molar-refractivity contribution in [1.82, 2.24) is 10.2 Å². The summed E-state index contributed by atoms with van der Waals surface area (Å²) < 4.78 is 0. The van der Waals surface area contributed by atoms with Crippen molar-refractivity contribution in [1.29, 1.82) is 0 Å². The Bertz CT molecular complexity index is 346. The Morgan fingerprint density at radius 3 is 2.81 bits per heavy atom. The van der Waals surface area contributed by atoms with E-state index >= 15 is 0 Å². The fourth-order valence-corrected chi connectivity index (χ4v) is 1.25. The van der Waals surface area contributed by atoms with Gasteiger partial charge in [0, 0.05) is 24.2 Å². The van der Waals surface area contributed by atoms with E-state index in [1.54, 1.807) is 0 Å². The zero-order valence-electron chi connectivity index (χ0n) is 10.1. The molecule has 1 atom stereocenters. The first-order chi connectivity index (χ1) is 7.52. The summed E-state index contributed by atoms with van der Waals surface area (Å²) in [5.74, 6) is 0.782. The van der Waals surface area contributed by atoms with E-state index in [2.05, 4.69) is 15.5 Å². The van der Waals surface area contributed by atoms with Crippen LogP contribution < -0.4 is 11.1 Å². The van der Waals surface area contributed by atoms with Crippen molar-refractivity contribution in [3.05, 3.63) is 11.8 Å². The average Bonchev–Trinajstić information content (AvgIpc) is 2.65. The molecular formula is C11H20N4O. The minimum Gasteiger partial charge on any atom is -0.327 e. The van der Waals surface area contributed by atoms with Crippen molar-refractivity contribution >= 4 is 11.7 Å². The second kappa shape index (κ2) is 5.65.